The molecule has 0 radical (unpaired) electrons. The van der Waals surface area contributed by atoms with Crippen molar-refractivity contribution >= 4 is 11.6 Å². The average Bonchev–Trinajstić information content (AvgIpc) is 2.83. The molecule has 2 aromatic rings. The molecule has 4 bridgehead atoms. The third-order valence-corrected chi connectivity index (χ3v) is 8.91. The number of rotatable bonds is 4. The van der Waals surface area contributed by atoms with Crippen LogP contribution in [0.2, 0.25) is 0 Å². The topological polar surface area (TPSA) is 32.8 Å². The minimum Gasteiger partial charge on any atom is -0.497 e. The van der Waals surface area contributed by atoms with Gasteiger partial charge in [0.05, 0.1) is 12.5 Å². The van der Waals surface area contributed by atoms with E-state index in [1.165, 1.54) is 30.5 Å². The molecule has 0 aromatic heterocycles. The van der Waals surface area contributed by atoms with E-state index in [2.05, 4.69) is 52.3 Å². The van der Waals surface area contributed by atoms with Gasteiger partial charge in [-0.3, -0.25) is 4.79 Å². The van der Waals surface area contributed by atoms with Crippen LogP contribution in [0.15, 0.2) is 54.6 Å². The number of hydrogen-bond donors (Lipinski definition) is 0. The Morgan fingerprint density at radius 2 is 1.53 bits per heavy atom. The molecule has 4 nitrogen and oxygen atoms in total. The summed E-state index contributed by atoms with van der Waals surface area (Å²) in [4.78, 5) is 18.6. The van der Waals surface area contributed by atoms with Crippen LogP contribution in [0, 0.1) is 17.3 Å². The number of nitrogens with zero attached hydrogens (tertiary/aromatic N) is 2. The molecule has 5 fully saturated rings. The number of anilines is 1. The van der Waals surface area contributed by atoms with E-state index in [9.17, 15) is 4.79 Å². The first kappa shape index (κ1) is 20.1. The summed E-state index contributed by atoms with van der Waals surface area (Å²) >= 11 is 0. The Balaban J connectivity index is 1.19. The van der Waals surface area contributed by atoms with Gasteiger partial charge in [0.1, 0.15) is 5.75 Å². The van der Waals surface area contributed by atoms with Crippen LogP contribution in [0.4, 0.5) is 5.69 Å². The van der Waals surface area contributed by atoms with Gasteiger partial charge in [-0.05, 0) is 85.6 Å². The van der Waals surface area contributed by atoms with Gasteiger partial charge in [-0.15, -0.1) is 0 Å². The Morgan fingerprint density at radius 3 is 2.16 bits per heavy atom. The normalized spacial score (nSPS) is 33.4. The minimum absolute atomic E-state index is 0.123. The molecule has 2 aromatic carbocycles. The van der Waals surface area contributed by atoms with Crippen LogP contribution in [0.3, 0.4) is 0 Å². The second-order valence-electron chi connectivity index (χ2n) is 10.9. The van der Waals surface area contributed by atoms with Crippen molar-refractivity contribution in [1.82, 2.24) is 4.90 Å². The zero-order valence-corrected chi connectivity index (χ0v) is 19.1. The summed E-state index contributed by atoms with van der Waals surface area (Å²) in [5.41, 5.74) is 2.81. The van der Waals surface area contributed by atoms with Crippen molar-refractivity contribution in [3.05, 3.63) is 60.2 Å². The van der Waals surface area contributed by atoms with Gasteiger partial charge >= 0.3 is 0 Å². The quantitative estimate of drug-likeness (QED) is 0.693. The summed E-state index contributed by atoms with van der Waals surface area (Å²) in [7, 11) is 1.70. The molecule has 32 heavy (non-hydrogen) atoms. The van der Waals surface area contributed by atoms with Gasteiger partial charge in [0.15, 0.2) is 0 Å². The number of benzene rings is 2. The van der Waals surface area contributed by atoms with Gasteiger partial charge in [-0.25, -0.2) is 0 Å². The van der Waals surface area contributed by atoms with Crippen molar-refractivity contribution < 1.29 is 9.53 Å². The van der Waals surface area contributed by atoms with E-state index in [0.717, 1.165) is 63.0 Å². The zero-order valence-electron chi connectivity index (χ0n) is 19.1. The fourth-order valence-electron chi connectivity index (χ4n) is 7.94. The third kappa shape index (κ3) is 3.22. The molecule has 1 saturated heterocycles. The average molecular weight is 431 g/mol. The highest BCUT2D eigenvalue weighted by Gasteiger charge is 2.61. The van der Waals surface area contributed by atoms with Crippen molar-refractivity contribution in [1.29, 1.82) is 0 Å². The van der Waals surface area contributed by atoms with Crippen LogP contribution in [-0.2, 0) is 10.2 Å². The van der Waals surface area contributed by atoms with Crippen molar-refractivity contribution in [2.24, 2.45) is 17.3 Å². The molecule has 4 atom stereocenters. The first-order valence-electron chi connectivity index (χ1n) is 12.3. The van der Waals surface area contributed by atoms with E-state index in [4.69, 9.17) is 4.74 Å². The lowest BCUT2D eigenvalue weighted by atomic mass is 9.42. The highest BCUT2D eigenvalue weighted by atomic mass is 16.5. The molecule has 1 heterocycles. The van der Waals surface area contributed by atoms with Crippen LogP contribution >= 0.6 is 0 Å². The smallest absolute Gasteiger partial charge is 0.228 e. The largest absolute Gasteiger partial charge is 0.497 e. The number of carbonyl (C=O) groups is 1. The third-order valence-electron chi connectivity index (χ3n) is 8.91. The molecular weight excluding hydrogens is 396 g/mol. The maximum atomic E-state index is 14.0. The van der Waals surface area contributed by atoms with Gasteiger partial charge in [-0.2, -0.15) is 0 Å². The minimum atomic E-state index is -0.123. The number of methoxy groups -OCH3 is 1. The maximum absolute atomic E-state index is 14.0. The van der Waals surface area contributed by atoms with Gasteiger partial charge in [0.25, 0.3) is 0 Å². The predicted molar refractivity (Wildman–Crippen MR) is 127 cm³/mol. The summed E-state index contributed by atoms with van der Waals surface area (Å²) in [6, 6.07) is 19.4. The highest BCUT2D eigenvalue weighted by Crippen LogP contribution is 2.66. The number of amides is 1. The molecular formula is C28H34N2O2. The Morgan fingerprint density at radius 1 is 0.875 bits per heavy atom. The molecule has 1 amide bonds. The van der Waals surface area contributed by atoms with Crippen molar-refractivity contribution in [3.63, 3.8) is 0 Å². The van der Waals surface area contributed by atoms with Crippen LogP contribution in [-0.4, -0.2) is 44.1 Å². The van der Waals surface area contributed by atoms with Crippen LogP contribution in [0.25, 0.3) is 0 Å². The fourth-order valence-corrected chi connectivity index (χ4v) is 7.94. The van der Waals surface area contributed by atoms with Gasteiger partial charge in [0, 0.05) is 31.9 Å². The molecule has 0 N–H and O–H groups in total. The van der Waals surface area contributed by atoms with E-state index in [-0.39, 0.29) is 10.8 Å². The second kappa shape index (κ2) is 7.54. The second-order valence-corrected chi connectivity index (χ2v) is 10.9. The fraction of sp³-hybridized carbons (Fsp3) is 0.536. The molecule has 0 spiro atoms. The molecule has 7 rings (SSSR count). The van der Waals surface area contributed by atoms with Crippen LogP contribution in [0.5, 0.6) is 5.75 Å². The van der Waals surface area contributed by atoms with Crippen molar-refractivity contribution in [2.75, 3.05) is 38.2 Å². The Bertz CT molecular complexity index is 964. The monoisotopic (exact) mass is 430 g/mol. The number of hydrogen-bond acceptors (Lipinski definition) is 3. The summed E-state index contributed by atoms with van der Waals surface area (Å²) in [5, 5.41) is 0. The molecule has 1 aliphatic heterocycles. The molecule has 168 valence electrons. The summed E-state index contributed by atoms with van der Waals surface area (Å²) in [5.74, 6) is 2.79. The van der Waals surface area contributed by atoms with E-state index < -0.39 is 0 Å². The van der Waals surface area contributed by atoms with E-state index >= 15 is 0 Å². The van der Waals surface area contributed by atoms with Crippen LogP contribution < -0.4 is 9.64 Å². The Hall–Kier alpha value is -2.49. The SMILES string of the molecule is COc1ccc(N2CCN(C(=O)C34C[C@H]5C[C@@H](C3)CC(c3ccccc3)(C5)C4)CC2)cc1. The van der Waals surface area contributed by atoms with E-state index in [1.54, 1.807) is 7.11 Å². The lowest BCUT2D eigenvalue weighted by molar-refractivity contribution is -0.160. The molecule has 4 heteroatoms. The standard InChI is InChI=1S/C28H34N2O2/c1-32-25-9-7-24(8-10-25)29-11-13-30(14-12-29)26(31)28-18-21-15-22(19-28)17-27(16-21,20-28)23-5-3-2-4-6-23/h2-10,21-22H,11-20H2,1H3/t21-,22+,27?,28?. The molecule has 4 aliphatic carbocycles. The van der Waals surface area contributed by atoms with Crippen molar-refractivity contribution in [2.45, 2.75) is 43.9 Å². The first-order chi connectivity index (χ1) is 15.6. The summed E-state index contributed by atoms with van der Waals surface area (Å²) in [6.07, 6.45) is 7.22. The zero-order chi connectivity index (χ0) is 21.8. The maximum Gasteiger partial charge on any atom is 0.228 e. The highest BCUT2D eigenvalue weighted by molar-refractivity contribution is 5.84. The summed E-state index contributed by atoms with van der Waals surface area (Å²) in [6.45, 7) is 3.48. The molecule has 5 aliphatic rings. The molecule has 2 unspecified atom stereocenters. The summed E-state index contributed by atoms with van der Waals surface area (Å²) < 4.78 is 5.29. The Kier molecular flexibility index (Phi) is 4.74. The van der Waals surface area contributed by atoms with Crippen molar-refractivity contribution in [3.8, 4) is 5.75 Å². The van der Waals surface area contributed by atoms with Gasteiger partial charge < -0.3 is 14.5 Å². The lowest BCUT2D eigenvalue weighted by Gasteiger charge is -2.62. The predicted octanol–water partition coefficient (Wildman–Crippen LogP) is 4.88. The Labute approximate surface area is 191 Å². The van der Waals surface area contributed by atoms with E-state index in [0.29, 0.717) is 5.91 Å². The van der Waals surface area contributed by atoms with Gasteiger partial charge in [0.2, 0.25) is 5.91 Å². The van der Waals surface area contributed by atoms with Gasteiger partial charge in [-0.1, -0.05) is 30.3 Å². The van der Waals surface area contributed by atoms with E-state index in [1.807, 2.05) is 12.1 Å². The number of carbonyl (C=O) groups excluding carboxylic acids is 1. The van der Waals surface area contributed by atoms with Crippen LogP contribution in [0.1, 0.15) is 44.1 Å². The lowest BCUT2D eigenvalue weighted by Crippen LogP contribution is -2.61. The molecule has 4 saturated carbocycles. The number of piperazine rings is 1. The number of ether oxygens (including phenoxy) is 1. The first-order valence-corrected chi connectivity index (χ1v) is 12.3.